The Morgan fingerprint density at radius 1 is 1.00 bits per heavy atom. The number of alkyl halides is 3. The maximum Gasteiger partial charge on any atom is 0.419 e. The van der Waals surface area contributed by atoms with Crippen molar-refractivity contribution in [3.8, 4) is 28.4 Å². The third-order valence-corrected chi connectivity index (χ3v) is 6.88. The van der Waals surface area contributed by atoms with Crippen molar-refractivity contribution in [3.05, 3.63) is 77.4 Å². The van der Waals surface area contributed by atoms with Gasteiger partial charge in [-0.3, -0.25) is 0 Å². The van der Waals surface area contributed by atoms with E-state index in [9.17, 15) is 13.2 Å². The van der Waals surface area contributed by atoms with Crippen LogP contribution in [0.15, 0.2) is 48.9 Å². The van der Waals surface area contributed by atoms with Gasteiger partial charge in [0.05, 0.1) is 36.7 Å². The summed E-state index contributed by atoms with van der Waals surface area (Å²) in [7, 11) is 2.76. The summed E-state index contributed by atoms with van der Waals surface area (Å²) in [4.78, 5) is 12.6. The minimum Gasteiger partial charge on any atom is -0.494 e. The molecule has 8 nitrogen and oxygen atoms in total. The number of methoxy groups -OCH3 is 2. The molecule has 4 heterocycles. The Morgan fingerprint density at radius 2 is 1.77 bits per heavy atom. The maximum absolute atomic E-state index is 15.3. The lowest BCUT2D eigenvalue weighted by molar-refractivity contribution is -0.138. The highest BCUT2D eigenvalue weighted by atomic mass is 19.4. The number of halogens is 5. The fourth-order valence-electron chi connectivity index (χ4n) is 5.05. The van der Waals surface area contributed by atoms with Crippen LogP contribution in [0, 0.1) is 11.6 Å². The van der Waals surface area contributed by atoms with Gasteiger partial charge in [0.25, 0.3) is 0 Å². The molecule has 0 amide bonds. The predicted octanol–water partition coefficient (Wildman–Crippen LogP) is 5.69. The van der Waals surface area contributed by atoms with E-state index in [2.05, 4.69) is 15.0 Å². The van der Waals surface area contributed by atoms with Crippen LogP contribution in [0.1, 0.15) is 16.8 Å². The lowest BCUT2D eigenvalue weighted by Gasteiger charge is -2.27. The molecule has 0 saturated carbocycles. The Bertz CT molecular complexity index is 1730. The first kappa shape index (κ1) is 25.6. The fraction of sp³-hybridized carbons (Fsp3) is 0.222. The van der Waals surface area contributed by atoms with Crippen molar-refractivity contribution >= 4 is 16.9 Å². The van der Waals surface area contributed by atoms with Gasteiger partial charge >= 0.3 is 6.18 Å². The Morgan fingerprint density at radius 3 is 2.48 bits per heavy atom. The largest absolute Gasteiger partial charge is 0.494 e. The first-order valence-electron chi connectivity index (χ1n) is 12.1. The molecule has 40 heavy (non-hydrogen) atoms. The van der Waals surface area contributed by atoms with Gasteiger partial charge < -0.3 is 19.4 Å². The number of H-pyrrole nitrogens is 1. The molecule has 1 aliphatic heterocycles. The maximum atomic E-state index is 15.3. The first-order chi connectivity index (χ1) is 19.2. The summed E-state index contributed by atoms with van der Waals surface area (Å²) in [6.07, 6.45) is -1.12. The number of anilines is 1. The molecule has 1 N–H and O–H groups in total. The molecular weight excluding hydrogens is 535 g/mol. The van der Waals surface area contributed by atoms with E-state index in [1.165, 1.54) is 37.1 Å². The number of ether oxygens (including phenoxy) is 2. The van der Waals surface area contributed by atoms with Crippen molar-refractivity contribution in [2.45, 2.75) is 19.1 Å². The molecule has 0 aliphatic carbocycles. The number of para-hydroxylation sites is 1. The summed E-state index contributed by atoms with van der Waals surface area (Å²) in [6.45, 7) is 0.478. The topological polar surface area (TPSA) is 81.1 Å². The molecule has 0 bridgehead atoms. The van der Waals surface area contributed by atoms with Crippen molar-refractivity contribution in [2.24, 2.45) is 0 Å². The molecule has 0 unspecified atom stereocenters. The average Bonchev–Trinajstić information content (AvgIpc) is 3.57. The summed E-state index contributed by atoms with van der Waals surface area (Å²) in [6, 6.07) is 7.40. The molecule has 206 valence electrons. The molecule has 6 rings (SSSR count). The van der Waals surface area contributed by atoms with Gasteiger partial charge in [-0.2, -0.15) is 18.3 Å². The average molecular weight is 556 g/mol. The second-order valence-electron chi connectivity index (χ2n) is 9.12. The highest BCUT2D eigenvalue weighted by Gasteiger charge is 2.33. The van der Waals surface area contributed by atoms with Gasteiger partial charge in [-0.1, -0.05) is 6.07 Å². The summed E-state index contributed by atoms with van der Waals surface area (Å²) in [5.74, 6) is -0.931. The molecule has 0 saturated heterocycles. The van der Waals surface area contributed by atoms with Crippen molar-refractivity contribution < 1.29 is 31.4 Å². The van der Waals surface area contributed by atoms with Gasteiger partial charge in [0.15, 0.2) is 17.4 Å². The number of aromatic amines is 1. The molecule has 0 spiro atoms. The summed E-state index contributed by atoms with van der Waals surface area (Å²) in [5.41, 5.74) is 1.50. The second-order valence-corrected chi connectivity index (χ2v) is 9.12. The van der Waals surface area contributed by atoms with Crippen LogP contribution in [0.4, 0.5) is 27.9 Å². The predicted molar refractivity (Wildman–Crippen MR) is 136 cm³/mol. The van der Waals surface area contributed by atoms with Gasteiger partial charge in [-0.15, -0.1) is 0 Å². The van der Waals surface area contributed by atoms with E-state index >= 15 is 8.78 Å². The number of rotatable bonds is 5. The Balaban J connectivity index is 1.56. The van der Waals surface area contributed by atoms with Crippen molar-refractivity contribution in [1.82, 2.24) is 24.7 Å². The van der Waals surface area contributed by atoms with Crippen LogP contribution in [0.5, 0.6) is 11.5 Å². The molecular formula is C27H21F5N6O2. The molecule has 0 radical (unpaired) electrons. The molecule has 5 aromatic rings. The summed E-state index contributed by atoms with van der Waals surface area (Å²) in [5, 5.41) is 5.32. The first-order valence-corrected chi connectivity index (χ1v) is 12.1. The Labute approximate surface area is 224 Å². The number of benzene rings is 2. The van der Waals surface area contributed by atoms with Crippen LogP contribution < -0.4 is 14.4 Å². The van der Waals surface area contributed by atoms with Crippen molar-refractivity contribution in [2.75, 3.05) is 25.7 Å². The van der Waals surface area contributed by atoms with Gasteiger partial charge in [-0.05, 0) is 24.3 Å². The van der Waals surface area contributed by atoms with Gasteiger partial charge in [0.2, 0.25) is 5.95 Å². The molecule has 3 aromatic heterocycles. The van der Waals surface area contributed by atoms with E-state index in [0.29, 0.717) is 46.4 Å². The normalized spacial score (nSPS) is 13.5. The standard InChI is InChI=1S/C27H21F5N6O2/c1-39-21-5-3-4-18(28)24(21)38-23(16-10-19(29)25(40-2)22-15(16)6-8-33-22)17-13-37(9-7-20(17)36-38)26-34-11-14(12-35-26)27(30,31)32/h3-6,8,10-12,33H,7,9,13H2,1-2H3. The van der Waals surface area contributed by atoms with Crippen LogP contribution in [-0.4, -0.2) is 45.5 Å². The van der Waals surface area contributed by atoms with Gasteiger partial charge in [0, 0.05) is 54.6 Å². The van der Waals surface area contributed by atoms with E-state index in [1.54, 1.807) is 23.2 Å². The van der Waals surface area contributed by atoms with Gasteiger partial charge in [0.1, 0.15) is 11.4 Å². The number of hydrogen-bond acceptors (Lipinski definition) is 6. The minimum absolute atomic E-state index is 0.0203. The van der Waals surface area contributed by atoms with Crippen LogP contribution in [0.2, 0.25) is 0 Å². The number of nitrogens with zero attached hydrogens (tertiary/aromatic N) is 5. The number of aromatic nitrogens is 5. The quantitative estimate of drug-likeness (QED) is 0.280. The third kappa shape index (κ3) is 4.08. The Kier molecular flexibility index (Phi) is 6.08. The third-order valence-electron chi connectivity index (χ3n) is 6.88. The van der Waals surface area contributed by atoms with E-state index in [0.717, 1.165) is 12.4 Å². The lowest BCUT2D eigenvalue weighted by atomic mass is 9.98. The summed E-state index contributed by atoms with van der Waals surface area (Å²) < 4.78 is 81.9. The SMILES string of the molecule is COc1cccc(F)c1-n1nc2c(c1-c1cc(F)c(OC)c3[nH]ccc13)CN(c1ncc(C(F)(F)F)cn1)CC2. The monoisotopic (exact) mass is 556 g/mol. The highest BCUT2D eigenvalue weighted by molar-refractivity contribution is 5.99. The van der Waals surface area contributed by atoms with Crippen LogP contribution in [0.3, 0.4) is 0 Å². The van der Waals surface area contributed by atoms with E-state index < -0.39 is 23.4 Å². The number of hydrogen-bond donors (Lipinski definition) is 1. The van der Waals surface area contributed by atoms with Gasteiger partial charge in [-0.25, -0.2) is 23.4 Å². The zero-order valence-electron chi connectivity index (χ0n) is 21.2. The van der Waals surface area contributed by atoms with Crippen LogP contribution >= 0.6 is 0 Å². The Hall–Kier alpha value is -4.68. The lowest BCUT2D eigenvalue weighted by Crippen LogP contribution is -2.31. The van der Waals surface area contributed by atoms with Crippen LogP contribution in [-0.2, 0) is 19.1 Å². The molecule has 13 heteroatoms. The van der Waals surface area contributed by atoms with E-state index in [-0.39, 0.29) is 29.7 Å². The molecule has 1 aliphatic rings. The van der Waals surface area contributed by atoms with Crippen LogP contribution in [0.25, 0.3) is 27.8 Å². The second kappa shape index (κ2) is 9.50. The molecule has 2 aromatic carbocycles. The van der Waals surface area contributed by atoms with E-state index in [4.69, 9.17) is 14.6 Å². The number of nitrogens with one attached hydrogen (secondary N) is 1. The molecule has 0 atom stereocenters. The van der Waals surface area contributed by atoms with E-state index in [1.807, 2.05) is 0 Å². The highest BCUT2D eigenvalue weighted by Crippen LogP contribution is 2.42. The number of fused-ring (bicyclic) bond motifs is 2. The zero-order chi connectivity index (χ0) is 28.2. The van der Waals surface area contributed by atoms with Crippen molar-refractivity contribution in [3.63, 3.8) is 0 Å². The smallest absolute Gasteiger partial charge is 0.419 e. The van der Waals surface area contributed by atoms with Crippen molar-refractivity contribution in [1.29, 1.82) is 0 Å². The minimum atomic E-state index is -4.57. The summed E-state index contributed by atoms with van der Waals surface area (Å²) >= 11 is 0. The zero-order valence-corrected chi connectivity index (χ0v) is 21.2. The molecule has 0 fully saturated rings. The fourth-order valence-corrected chi connectivity index (χ4v) is 5.05.